The Morgan fingerprint density at radius 3 is 1.53 bits per heavy atom. The standard InChI is InChI=1S/C109H70N4O/c1-107(2)95-60-66(44-52-76(95)77-55-50-74(64-96(77)107)111(70-25-7-4-8-26-70)72-48-43-65-46-56-92-104(85(65)62-72)84-30-10-14-34-88(84)109(92)89-35-15-18-40-98(89)112-97-39-17-11-27-78(97)81-31-21-37-93(109)105(81)112)67-45-53-79-82-32-22-38-94-106(82)113(100(79)61-67)99-41-19-16-36-90(99)108(94)87-33-13-9-29-83(87)103-75-54-49-71(59-68(75)47-57-91(103)108)110(69-23-5-3-6-24-69)73-51-58-102-86(63-73)80-28-12-20-42-101(80)114-102/h3-16,18-38,40-64H,17,39H2,1-2H3. The number of hydrogen-bond acceptors (Lipinski definition) is 3. The Hall–Kier alpha value is -14.3. The van der Waals surface area contributed by atoms with Crippen molar-refractivity contribution in [3.8, 4) is 55.9 Å². The van der Waals surface area contributed by atoms with E-state index >= 15 is 0 Å². The number of anilines is 6. The molecule has 114 heavy (non-hydrogen) atoms. The lowest BCUT2D eigenvalue weighted by Gasteiger charge is -2.40. The van der Waals surface area contributed by atoms with Gasteiger partial charge in [-0.15, -0.1) is 0 Å². The van der Waals surface area contributed by atoms with Crippen molar-refractivity contribution in [1.29, 1.82) is 0 Å². The average molecular weight is 1450 g/mol. The second kappa shape index (κ2) is 22.5. The van der Waals surface area contributed by atoms with Gasteiger partial charge in [0.1, 0.15) is 11.2 Å². The maximum absolute atomic E-state index is 6.34. The number of aromatic nitrogens is 2. The van der Waals surface area contributed by atoms with Crippen LogP contribution in [0.4, 0.5) is 34.1 Å². The molecule has 2 spiro atoms. The molecular formula is C109H70N4O. The molecule has 5 heterocycles. The number of hydrogen-bond donors (Lipinski definition) is 0. The van der Waals surface area contributed by atoms with E-state index in [1.54, 1.807) is 0 Å². The molecule has 2 aliphatic heterocycles. The summed E-state index contributed by atoms with van der Waals surface area (Å²) in [5.74, 6) is 0. The molecule has 26 rings (SSSR count). The Balaban J connectivity index is 0.579. The summed E-state index contributed by atoms with van der Waals surface area (Å²) in [6.07, 6.45) is 6.81. The minimum atomic E-state index is -0.600. The number of benzene rings is 17. The van der Waals surface area contributed by atoms with E-state index in [1.165, 1.54) is 177 Å². The van der Waals surface area contributed by atoms with E-state index in [2.05, 4.69) is 391 Å². The number of furan rings is 1. The average Bonchev–Trinajstić information content (AvgIpc) is 1.49. The van der Waals surface area contributed by atoms with Gasteiger partial charge in [0.05, 0.1) is 38.8 Å². The van der Waals surface area contributed by atoms with Crippen molar-refractivity contribution in [1.82, 2.24) is 9.13 Å². The minimum Gasteiger partial charge on any atom is -0.456 e. The molecular weight excluding hydrogens is 1380 g/mol. The number of nitrogens with zero attached hydrogens (tertiary/aromatic N) is 4. The summed E-state index contributed by atoms with van der Waals surface area (Å²) in [6, 6.07) is 134. The zero-order chi connectivity index (χ0) is 74.6. The molecule has 532 valence electrons. The zero-order valence-electron chi connectivity index (χ0n) is 62.8. The molecule has 4 aliphatic carbocycles. The van der Waals surface area contributed by atoms with Crippen molar-refractivity contribution in [3.63, 3.8) is 0 Å². The lowest BCUT2D eigenvalue weighted by Crippen LogP contribution is -2.33. The molecule has 5 heteroatoms. The fraction of sp³-hybridized carbons (Fsp3) is 0.0642. The van der Waals surface area contributed by atoms with Gasteiger partial charge in [0, 0.05) is 77.7 Å². The predicted molar refractivity (Wildman–Crippen MR) is 471 cm³/mol. The highest BCUT2D eigenvalue weighted by molar-refractivity contribution is 6.16. The third kappa shape index (κ3) is 7.92. The molecule has 0 radical (unpaired) electrons. The van der Waals surface area contributed by atoms with Crippen molar-refractivity contribution >= 4 is 116 Å². The molecule has 5 nitrogen and oxygen atoms in total. The lowest BCUT2D eigenvalue weighted by molar-refractivity contribution is 0.660. The molecule has 0 saturated heterocycles. The van der Waals surface area contributed by atoms with Crippen LogP contribution in [0.15, 0.2) is 362 Å². The first-order valence-corrected chi connectivity index (χ1v) is 40.2. The lowest BCUT2D eigenvalue weighted by atomic mass is 9.65. The van der Waals surface area contributed by atoms with Crippen LogP contribution >= 0.6 is 0 Å². The first-order chi connectivity index (χ1) is 56.3. The van der Waals surface area contributed by atoms with Crippen molar-refractivity contribution in [2.75, 3.05) is 9.80 Å². The van der Waals surface area contributed by atoms with Crippen LogP contribution < -0.4 is 9.80 Å². The normalized spacial score (nSPS) is 16.4. The van der Waals surface area contributed by atoms with Gasteiger partial charge in [0.2, 0.25) is 0 Å². The Kier molecular flexibility index (Phi) is 12.3. The molecule has 0 N–H and O–H groups in total. The van der Waals surface area contributed by atoms with E-state index in [0.717, 1.165) is 68.9 Å². The van der Waals surface area contributed by atoms with Crippen LogP contribution in [-0.2, 0) is 22.7 Å². The Morgan fingerprint density at radius 1 is 0.298 bits per heavy atom. The van der Waals surface area contributed by atoms with Gasteiger partial charge in [0.25, 0.3) is 0 Å². The molecule has 17 aromatic carbocycles. The largest absolute Gasteiger partial charge is 0.456 e. The molecule has 0 amide bonds. The zero-order valence-corrected chi connectivity index (χ0v) is 62.8. The van der Waals surface area contributed by atoms with Gasteiger partial charge in [-0.2, -0.15) is 0 Å². The molecule has 0 bridgehead atoms. The highest BCUT2D eigenvalue weighted by Gasteiger charge is 2.54. The van der Waals surface area contributed by atoms with E-state index < -0.39 is 10.8 Å². The summed E-state index contributed by atoms with van der Waals surface area (Å²) in [6.45, 7) is 4.87. The highest BCUT2D eigenvalue weighted by atomic mass is 16.3. The summed E-state index contributed by atoms with van der Waals surface area (Å²) >= 11 is 0. The van der Waals surface area contributed by atoms with Crippen LogP contribution in [0.2, 0.25) is 0 Å². The van der Waals surface area contributed by atoms with E-state index in [4.69, 9.17) is 4.42 Å². The molecule has 2 unspecified atom stereocenters. The van der Waals surface area contributed by atoms with E-state index in [9.17, 15) is 0 Å². The number of allylic oxidation sites excluding steroid dienone is 1. The molecule has 0 fully saturated rings. The quantitative estimate of drug-likeness (QED) is 0.159. The monoisotopic (exact) mass is 1450 g/mol. The van der Waals surface area contributed by atoms with Crippen molar-refractivity contribution < 1.29 is 4.42 Å². The predicted octanol–water partition coefficient (Wildman–Crippen LogP) is 28.2. The maximum atomic E-state index is 6.34. The van der Waals surface area contributed by atoms with Crippen molar-refractivity contribution in [2.45, 2.75) is 42.9 Å². The summed E-state index contributed by atoms with van der Waals surface area (Å²) < 4.78 is 11.6. The Bertz CT molecular complexity index is 7730. The third-order valence-electron chi connectivity index (χ3n) is 27.1. The molecule has 20 aromatic rings. The summed E-state index contributed by atoms with van der Waals surface area (Å²) in [5, 5.41) is 11.0. The Morgan fingerprint density at radius 2 is 0.798 bits per heavy atom. The van der Waals surface area contributed by atoms with Crippen LogP contribution in [0.25, 0.3) is 138 Å². The first-order valence-electron chi connectivity index (χ1n) is 40.2. The van der Waals surface area contributed by atoms with Crippen molar-refractivity contribution in [2.24, 2.45) is 0 Å². The van der Waals surface area contributed by atoms with E-state index in [0.29, 0.717) is 0 Å². The van der Waals surface area contributed by atoms with Gasteiger partial charge in [-0.1, -0.05) is 269 Å². The molecule has 3 aromatic heterocycles. The second-order valence-electron chi connectivity index (χ2n) is 32.8. The summed E-state index contributed by atoms with van der Waals surface area (Å²) in [5.41, 5.74) is 39.5. The SMILES string of the molecule is CC1(C)c2cc(-c3ccc4c5cccc6c5n(c4c3)-c3ccccc3C63c4ccccc4-c4c3ccc3cc(N(c5ccccc5)c5ccc6oc7ccccc7c6c5)ccc43)ccc2-c2ccc(N(c3ccccc3)c3ccc4ccc5c(c4c3)-c3ccccc3C53c4ccccc4-n4c5c(c6cccc3c64)C=CCC5)cc21. The fourth-order valence-electron chi connectivity index (χ4n) is 22.5. The topological polar surface area (TPSA) is 29.5 Å². The second-order valence-corrected chi connectivity index (χ2v) is 32.8. The maximum Gasteiger partial charge on any atom is 0.135 e. The van der Waals surface area contributed by atoms with Crippen LogP contribution in [0.3, 0.4) is 0 Å². The van der Waals surface area contributed by atoms with Gasteiger partial charge < -0.3 is 23.4 Å². The van der Waals surface area contributed by atoms with Gasteiger partial charge in [-0.25, -0.2) is 0 Å². The van der Waals surface area contributed by atoms with Gasteiger partial charge >= 0.3 is 0 Å². The van der Waals surface area contributed by atoms with Gasteiger partial charge in [-0.05, 0) is 244 Å². The van der Waals surface area contributed by atoms with Gasteiger partial charge in [-0.3, -0.25) is 0 Å². The van der Waals surface area contributed by atoms with E-state index in [1.807, 2.05) is 6.07 Å². The van der Waals surface area contributed by atoms with E-state index in [-0.39, 0.29) is 5.41 Å². The summed E-state index contributed by atoms with van der Waals surface area (Å²) in [7, 11) is 0. The number of para-hydroxylation sites is 7. The van der Waals surface area contributed by atoms with Crippen LogP contribution in [0.5, 0.6) is 0 Å². The summed E-state index contributed by atoms with van der Waals surface area (Å²) in [4.78, 5) is 4.87. The van der Waals surface area contributed by atoms with Gasteiger partial charge in [0.15, 0.2) is 0 Å². The molecule has 2 atom stereocenters. The van der Waals surface area contributed by atoms with Crippen molar-refractivity contribution in [3.05, 3.63) is 425 Å². The molecule has 6 aliphatic rings. The highest BCUT2D eigenvalue weighted by Crippen LogP contribution is 2.65. The fourth-order valence-corrected chi connectivity index (χ4v) is 22.5. The Labute approximate surface area is 659 Å². The number of rotatable bonds is 7. The smallest absolute Gasteiger partial charge is 0.135 e. The number of fused-ring (bicyclic) bond motifs is 34. The molecule has 0 saturated carbocycles. The first kappa shape index (κ1) is 62.5. The third-order valence-corrected chi connectivity index (χ3v) is 27.1. The van der Waals surface area contributed by atoms with Crippen LogP contribution in [-0.4, -0.2) is 9.13 Å². The van der Waals surface area contributed by atoms with Crippen LogP contribution in [0.1, 0.15) is 87.2 Å². The minimum absolute atomic E-state index is 0.325. The van der Waals surface area contributed by atoms with Crippen LogP contribution in [0, 0.1) is 0 Å².